The molecule has 2 aromatic carbocycles. The summed E-state index contributed by atoms with van der Waals surface area (Å²) < 4.78 is 57.9. The summed E-state index contributed by atoms with van der Waals surface area (Å²) in [5.41, 5.74) is 10.2. The van der Waals surface area contributed by atoms with Crippen LogP contribution in [0.2, 0.25) is 0 Å². The molecule has 1 unspecified atom stereocenters. The fourth-order valence-electron chi connectivity index (χ4n) is 3.54. The number of alkyl halides is 3. The van der Waals surface area contributed by atoms with Gasteiger partial charge in [0, 0.05) is 11.4 Å². The van der Waals surface area contributed by atoms with Gasteiger partial charge in [-0.05, 0) is 48.5 Å². The second kappa shape index (κ2) is 10.1. The normalized spacial score (nSPS) is 14.8. The lowest BCUT2D eigenvalue weighted by Gasteiger charge is -2.31. The molecular formula is C23H19F4N7O4. The Labute approximate surface area is 210 Å². The van der Waals surface area contributed by atoms with E-state index in [-0.39, 0.29) is 17.1 Å². The summed E-state index contributed by atoms with van der Waals surface area (Å²) in [6, 6.07) is 7.95. The Bertz CT molecular complexity index is 1520. The number of primary amides is 1. The van der Waals surface area contributed by atoms with Gasteiger partial charge in [-0.25, -0.2) is 14.2 Å². The molecule has 0 radical (unpaired) electrons. The number of fused-ring (bicyclic) bond motifs is 1. The third-order valence-corrected chi connectivity index (χ3v) is 5.28. The van der Waals surface area contributed by atoms with Crippen LogP contribution in [0.25, 0.3) is 5.82 Å². The van der Waals surface area contributed by atoms with Crippen LogP contribution in [-0.2, 0) is 15.8 Å². The van der Waals surface area contributed by atoms with Gasteiger partial charge in [0.25, 0.3) is 5.91 Å². The van der Waals surface area contributed by atoms with Crippen molar-refractivity contribution in [3.63, 3.8) is 0 Å². The van der Waals surface area contributed by atoms with E-state index < -0.39 is 53.8 Å². The Kier molecular flexibility index (Phi) is 6.92. The summed E-state index contributed by atoms with van der Waals surface area (Å²) in [4.78, 5) is 41.7. The Hall–Kier alpha value is -5.08. The number of carbonyl (C=O) groups excluding carboxylic acids is 3. The number of nitrogens with one attached hydrogen (secondary N) is 3. The lowest BCUT2D eigenvalue weighted by Crippen LogP contribution is -2.54. The molecule has 1 aromatic heterocycles. The minimum absolute atomic E-state index is 0.106. The molecule has 11 nitrogen and oxygen atoms in total. The van der Waals surface area contributed by atoms with Gasteiger partial charge in [-0.1, -0.05) is 0 Å². The van der Waals surface area contributed by atoms with Gasteiger partial charge >= 0.3 is 12.2 Å². The topological polar surface area (TPSA) is 168 Å². The second-order valence-corrected chi connectivity index (χ2v) is 7.90. The summed E-state index contributed by atoms with van der Waals surface area (Å²) in [6.07, 6.45) is -4.65. The Morgan fingerprint density at radius 3 is 2.42 bits per heavy atom. The van der Waals surface area contributed by atoms with Crippen molar-refractivity contribution in [2.45, 2.75) is 12.3 Å². The number of benzene rings is 2. The summed E-state index contributed by atoms with van der Waals surface area (Å²) in [6.45, 7) is -0.436. The maximum atomic E-state index is 13.9. The van der Waals surface area contributed by atoms with Crippen LogP contribution in [0.4, 0.5) is 39.4 Å². The van der Waals surface area contributed by atoms with Gasteiger partial charge in [0.1, 0.15) is 11.6 Å². The predicted molar refractivity (Wildman–Crippen MR) is 126 cm³/mol. The smallest absolute Gasteiger partial charge is 0.416 e. The number of hydrogen-bond acceptors (Lipinski definition) is 7. The van der Waals surface area contributed by atoms with Crippen LogP contribution in [0.3, 0.4) is 0 Å². The van der Waals surface area contributed by atoms with E-state index in [4.69, 9.17) is 15.9 Å². The molecule has 2 heterocycles. The minimum Gasteiger partial charge on any atom is -0.446 e. The van der Waals surface area contributed by atoms with Crippen LogP contribution in [0.5, 0.6) is 0 Å². The van der Waals surface area contributed by atoms with Gasteiger partial charge in [0.15, 0.2) is 0 Å². The highest BCUT2D eigenvalue weighted by Gasteiger charge is 2.32. The minimum atomic E-state index is -4.72. The fourth-order valence-corrected chi connectivity index (χ4v) is 3.54. The predicted octanol–water partition coefficient (Wildman–Crippen LogP) is 1.17. The SMILES string of the molecule is NC(=O)CNC(=O)C1N=c2occc2=C(N)N1c1ccc(NC(=O)Nc2cc(C(F)(F)F)ccc2F)cc1. The van der Waals surface area contributed by atoms with Crippen molar-refractivity contribution in [1.82, 2.24) is 5.32 Å². The molecule has 0 aliphatic carbocycles. The first kappa shape index (κ1) is 26.0. The molecule has 7 N–H and O–H groups in total. The summed E-state index contributed by atoms with van der Waals surface area (Å²) in [5, 5.41) is 7.16. The maximum absolute atomic E-state index is 13.9. The monoisotopic (exact) mass is 533 g/mol. The molecule has 4 amide bonds. The fraction of sp³-hybridized carbons (Fsp3) is 0.130. The van der Waals surface area contributed by atoms with E-state index in [1.165, 1.54) is 35.4 Å². The van der Waals surface area contributed by atoms with Crippen molar-refractivity contribution < 1.29 is 36.4 Å². The first-order chi connectivity index (χ1) is 17.9. The number of anilines is 3. The zero-order valence-corrected chi connectivity index (χ0v) is 19.2. The maximum Gasteiger partial charge on any atom is 0.416 e. The molecule has 3 aromatic rings. The molecule has 0 saturated heterocycles. The van der Waals surface area contributed by atoms with E-state index in [9.17, 15) is 31.9 Å². The van der Waals surface area contributed by atoms with Gasteiger partial charge in [-0.3, -0.25) is 14.5 Å². The standard InChI is InChI=1S/C23H19F4N7O4/c24-15-6-1-11(23(25,26)27)9-16(15)32-22(37)31-12-2-4-13(5-3-12)34-18(29)14-7-8-38-21(14)33-19(34)20(36)30-10-17(28)35/h1-9,19H,10,29H2,(H2,28,35)(H,30,36)(H2,31,32,37). The van der Waals surface area contributed by atoms with Crippen molar-refractivity contribution in [2.75, 3.05) is 22.1 Å². The molecule has 1 aliphatic rings. The van der Waals surface area contributed by atoms with E-state index in [2.05, 4.69) is 15.6 Å². The summed E-state index contributed by atoms with van der Waals surface area (Å²) in [7, 11) is 0. The molecule has 1 atom stereocenters. The number of urea groups is 1. The van der Waals surface area contributed by atoms with Crippen LogP contribution in [0.1, 0.15) is 5.56 Å². The Balaban J connectivity index is 1.53. The number of nitrogens with zero attached hydrogens (tertiary/aromatic N) is 2. The largest absolute Gasteiger partial charge is 0.446 e. The van der Waals surface area contributed by atoms with Crippen LogP contribution >= 0.6 is 0 Å². The first-order valence-electron chi connectivity index (χ1n) is 10.7. The molecule has 4 rings (SSSR count). The number of rotatable bonds is 6. The Morgan fingerprint density at radius 1 is 1.05 bits per heavy atom. The number of furan rings is 1. The summed E-state index contributed by atoms with van der Waals surface area (Å²) in [5.74, 6) is -2.40. The van der Waals surface area contributed by atoms with E-state index in [1.807, 2.05) is 5.32 Å². The van der Waals surface area contributed by atoms with Gasteiger partial charge < -0.3 is 31.8 Å². The number of nitrogens with two attached hydrogens (primary N) is 2. The highest BCUT2D eigenvalue weighted by Crippen LogP contribution is 2.32. The second-order valence-electron chi connectivity index (χ2n) is 7.90. The number of hydrogen-bond donors (Lipinski definition) is 5. The van der Waals surface area contributed by atoms with Crippen molar-refractivity contribution in [1.29, 1.82) is 0 Å². The lowest BCUT2D eigenvalue weighted by atomic mass is 10.2. The van der Waals surface area contributed by atoms with Crippen LogP contribution in [-0.4, -0.2) is 30.6 Å². The third-order valence-electron chi connectivity index (χ3n) is 5.28. The van der Waals surface area contributed by atoms with Crippen LogP contribution in [0.15, 0.2) is 64.2 Å². The van der Waals surface area contributed by atoms with Crippen molar-refractivity contribution >= 4 is 40.7 Å². The van der Waals surface area contributed by atoms with Crippen LogP contribution < -0.4 is 43.1 Å². The summed E-state index contributed by atoms with van der Waals surface area (Å²) >= 11 is 0. The average Bonchev–Trinajstić information content (AvgIpc) is 3.33. The van der Waals surface area contributed by atoms with Crippen molar-refractivity contribution in [3.05, 3.63) is 76.9 Å². The number of halogens is 4. The number of carbonyl (C=O) groups is 3. The Morgan fingerprint density at radius 2 is 1.76 bits per heavy atom. The molecule has 38 heavy (non-hydrogen) atoms. The van der Waals surface area contributed by atoms with Crippen molar-refractivity contribution in [3.8, 4) is 0 Å². The van der Waals surface area contributed by atoms with E-state index in [0.29, 0.717) is 29.1 Å². The van der Waals surface area contributed by atoms with Gasteiger partial charge in [-0.2, -0.15) is 13.2 Å². The van der Waals surface area contributed by atoms with E-state index in [0.717, 1.165) is 0 Å². The molecule has 0 fully saturated rings. The van der Waals surface area contributed by atoms with E-state index in [1.54, 1.807) is 6.07 Å². The number of amides is 4. The molecule has 0 saturated carbocycles. The molecule has 15 heteroatoms. The quantitative estimate of drug-likeness (QED) is 0.298. The molecule has 0 spiro atoms. The average molecular weight is 533 g/mol. The first-order valence-corrected chi connectivity index (χ1v) is 10.7. The molecule has 198 valence electrons. The van der Waals surface area contributed by atoms with Gasteiger partial charge in [0.05, 0.1) is 29.3 Å². The molecule has 0 bridgehead atoms. The molecule has 1 aliphatic heterocycles. The third kappa shape index (κ3) is 5.50. The molecular weight excluding hydrogens is 514 g/mol. The van der Waals surface area contributed by atoms with Crippen LogP contribution in [0, 0.1) is 5.82 Å². The highest BCUT2D eigenvalue weighted by atomic mass is 19.4. The lowest BCUT2D eigenvalue weighted by molar-refractivity contribution is -0.137. The highest BCUT2D eigenvalue weighted by molar-refractivity contribution is 6.00. The van der Waals surface area contributed by atoms with Gasteiger partial charge in [0.2, 0.25) is 17.6 Å². The zero-order valence-electron chi connectivity index (χ0n) is 19.2. The van der Waals surface area contributed by atoms with E-state index >= 15 is 0 Å². The van der Waals surface area contributed by atoms with Gasteiger partial charge in [-0.15, -0.1) is 0 Å². The zero-order chi connectivity index (χ0) is 27.6. The van der Waals surface area contributed by atoms with Crippen molar-refractivity contribution in [2.24, 2.45) is 16.5 Å².